The van der Waals surface area contributed by atoms with Crippen molar-refractivity contribution in [1.29, 1.82) is 0 Å². The number of thiazole rings is 1. The molecule has 30 heavy (non-hydrogen) atoms. The largest absolute Gasteiger partial charge is 0.493 e. The lowest BCUT2D eigenvalue weighted by Crippen LogP contribution is -2.36. The summed E-state index contributed by atoms with van der Waals surface area (Å²) >= 11 is 1.71. The fourth-order valence-electron chi connectivity index (χ4n) is 2.81. The van der Waals surface area contributed by atoms with E-state index >= 15 is 0 Å². The Bertz CT molecular complexity index is 974. The molecule has 6 nitrogen and oxygen atoms in total. The molecule has 2 N–H and O–H groups in total. The van der Waals surface area contributed by atoms with Crippen molar-refractivity contribution in [2.45, 2.75) is 26.9 Å². The molecule has 3 rings (SSSR count). The average molecular weight is 538 g/mol. The maximum Gasteiger partial charge on any atom is 0.191 e. The van der Waals surface area contributed by atoms with Crippen LogP contribution in [0, 0.1) is 13.8 Å². The molecule has 0 atom stereocenters. The summed E-state index contributed by atoms with van der Waals surface area (Å²) < 4.78 is 11.2. The molecular weight excluding hydrogens is 511 g/mol. The second-order valence-electron chi connectivity index (χ2n) is 6.42. The number of aliphatic imine (C=N–C) groups is 1. The van der Waals surface area contributed by atoms with Crippen LogP contribution in [0.1, 0.15) is 21.1 Å². The van der Waals surface area contributed by atoms with Crippen molar-refractivity contribution in [3.8, 4) is 17.2 Å². The minimum atomic E-state index is 0. The molecule has 1 aromatic heterocycles. The lowest BCUT2D eigenvalue weighted by molar-refractivity contribution is 0.379. The molecule has 0 fully saturated rings. The Morgan fingerprint density at radius 1 is 1.00 bits per heavy atom. The summed E-state index contributed by atoms with van der Waals surface area (Å²) in [5.74, 6) is 2.92. The van der Waals surface area contributed by atoms with Crippen LogP contribution < -0.4 is 20.1 Å². The predicted molar refractivity (Wildman–Crippen MR) is 134 cm³/mol. The van der Waals surface area contributed by atoms with Crippen molar-refractivity contribution in [2.75, 3.05) is 14.2 Å². The smallest absolute Gasteiger partial charge is 0.191 e. The number of nitrogens with zero attached hydrogens (tertiary/aromatic N) is 2. The van der Waals surface area contributed by atoms with Gasteiger partial charge in [-0.25, -0.2) is 4.98 Å². The first-order chi connectivity index (χ1) is 14.1. The molecule has 0 amide bonds. The fraction of sp³-hybridized carbons (Fsp3) is 0.273. The first kappa shape index (κ1) is 23.9. The van der Waals surface area contributed by atoms with Crippen LogP contribution in [0.25, 0.3) is 0 Å². The Morgan fingerprint density at radius 2 is 1.67 bits per heavy atom. The standard InChI is InChI=1S/C22H26N4O2S.HI/c1-15-21(29-16(2)26-15)14-25-22(23-3)24-13-17-9-11-18(12-10-17)28-20-8-6-5-7-19(20)27-4;/h5-12H,13-14H2,1-4H3,(H2,23,24,25);1H. The van der Waals surface area contributed by atoms with Crippen LogP contribution >= 0.6 is 35.3 Å². The molecule has 2 aromatic carbocycles. The Balaban J connectivity index is 0.00000320. The number of rotatable bonds is 7. The van der Waals surface area contributed by atoms with Gasteiger partial charge in [-0.1, -0.05) is 24.3 Å². The zero-order valence-electron chi connectivity index (χ0n) is 17.6. The number of guanidine groups is 1. The van der Waals surface area contributed by atoms with E-state index in [4.69, 9.17) is 9.47 Å². The van der Waals surface area contributed by atoms with Crippen LogP contribution in [0.15, 0.2) is 53.5 Å². The van der Waals surface area contributed by atoms with Gasteiger partial charge in [0.25, 0.3) is 0 Å². The maximum atomic E-state index is 5.92. The first-order valence-corrected chi connectivity index (χ1v) is 10.2. The zero-order chi connectivity index (χ0) is 20.6. The van der Waals surface area contributed by atoms with E-state index in [-0.39, 0.29) is 24.0 Å². The van der Waals surface area contributed by atoms with Crippen molar-refractivity contribution in [1.82, 2.24) is 15.6 Å². The number of hydrogen-bond donors (Lipinski definition) is 2. The van der Waals surface area contributed by atoms with Gasteiger partial charge in [0.05, 0.1) is 24.4 Å². The maximum absolute atomic E-state index is 5.92. The number of benzene rings is 2. The normalized spacial score (nSPS) is 10.9. The molecule has 0 bridgehead atoms. The number of aryl methyl sites for hydroxylation is 2. The Labute approximate surface area is 198 Å². The molecule has 0 aliphatic heterocycles. The second-order valence-corrected chi connectivity index (χ2v) is 7.71. The number of methoxy groups -OCH3 is 1. The van der Waals surface area contributed by atoms with Crippen molar-refractivity contribution in [3.05, 3.63) is 69.7 Å². The number of ether oxygens (including phenoxy) is 2. The highest BCUT2D eigenvalue weighted by molar-refractivity contribution is 14.0. The third-order valence-electron chi connectivity index (χ3n) is 4.32. The minimum Gasteiger partial charge on any atom is -0.493 e. The Morgan fingerprint density at radius 3 is 2.27 bits per heavy atom. The topological polar surface area (TPSA) is 67.8 Å². The molecule has 0 saturated heterocycles. The van der Waals surface area contributed by atoms with Crippen LogP contribution in [-0.2, 0) is 13.1 Å². The van der Waals surface area contributed by atoms with Crippen LogP contribution in [0.5, 0.6) is 17.2 Å². The van der Waals surface area contributed by atoms with Gasteiger partial charge in [0.15, 0.2) is 17.5 Å². The summed E-state index contributed by atoms with van der Waals surface area (Å²) in [7, 11) is 3.40. The van der Waals surface area contributed by atoms with Crippen molar-refractivity contribution in [2.24, 2.45) is 4.99 Å². The van der Waals surface area contributed by atoms with Gasteiger partial charge < -0.3 is 20.1 Å². The van der Waals surface area contributed by atoms with Gasteiger partial charge in [0.2, 0.25) is 0 Å². The molecule has 0 saturated carbocycles. The van der Waals surface area contributed by atoms with E-state index in [1.54, 1.807) is 25.5 Å². The number of hydrogen-bond acceptors (Lipinski definition) is 5. The van der Waals surface area contributed by atoms with Gasteiger partial charge in [0, 0.05) is 18.5 Å². The molecule has 0 aliphatic rings. The number of aromatic nitrogens is 1. The van der Waals surface area contributed by atoms with Crippen LogP contribution in [0.3, 0.4) is 0 Å². The molecule has 160 valence electrons. The Kier molecular flexibility index (Phi) is 9.38. The Hall–Kier alpha value is -2.33. The summed E-state index contributed by atoms with van der Waals surface area (Å²) in [6.45, 7) is 5.43. The third kappa shape index (κ3) is 6.60. The molecule has 0 aliphatic carbocycles. The molecular formula is C22H27IN4O2S. The summed E-state index contributed by atoms with van der Waals surface area (Å²) in [6.07, 6.45) is 0. The molecule has 3 aromatic rings. The summed E-state index contributed by atoms with van der Waals surface area (Å²) in [5.41, 5.74) is 2.20. The van der Waals surface area contributed by atoms with Gasteiger partial charge in [-0.3, -0.25) is 4.99 Å². The first-order valence-electron chi connectivity index (χ1n) is 9.36. The van der Waals surface area contributed by atoms with Gasteiger partial charge in [-0.15, -0.1) is 35.3 Å². The number of para-hydroxylation sites is 2. The highest BCUT2D eigenvalue weighted by Gasteiger charge is 2.07. The summed E-state index contributed by atoms with van der Waals surface area (Å²) in [6, 6.07) is 15.6. The molecule has 0 unspecified atom stereocenters. The van der Waals surface area contributed by atoms with E-state index in [9.17, 15) is 0 Å². The predicted octanol–water partition coefficient (Wildman–Crippen LogP) is 5.04. The third-order valence-corrected chi connectivity index (χ3v) is 5.39. The summed E-state index contributed by atoms with van der Waals surface area (Å²) in [5, 5.41) is 7.75. The van der Waals surface area contributed by atoms with Gasteiger partial charge in [0.1, 0.15) is 5.75 Å². The average Bonchev–Trinajstić information content (AvgIpc) is 3.06. The van der Waals surface area contributed by atoms with Gasteiger partial charge in [-0.2, -0.15) is 0 Å². The minimum absolute atomic E-state index is 0. The van der Waals surface area contributed by atoms with Gasteiger partial charge >= 0.3 is 0 Å². The lowest BCUT2D eigenvalue weighted by Gasteiger charge is -2.13. The molecule has 8 heteroatoms. The van der Waals surface area contributed by atoms with Gasteiger partial charge in [-0.05, 0) is 43.7 Å². The van der Waals surface area contributed by atoms with Crippen molar-refractivity contribution in [3.63, 3.8) is 0 Å². The fourth-order valence-corrected chi connectivity index (χ4v) is 3.69. The van der Waals surface area contributed by atoms with E-state index < -0.39 is 0 Å². The highest BCUT2D eigenvalue weighted by atomic mass is 127. The SMILES string of the molecule is CN=C(NCc1ccc(Oc2ccccc2OC)cc1)NCc1sc(C)nc1C.I. The number of nitrogens with one attached hydrogen (secondary N) is 2. The summed E-state index contributed by atoms with van der Waals surface area (Å²) in [4.78, 5) is 9.97. The van der Waals surface area contributed by atoms with E-state index in [0.717, 1.165) is 28.0 Å². The quantitative estimate of drug-likeness (QED) is 0.251. The highest BCUT2D eigenvalue weighted by Crippen LogP contribution is 2.30. The zero-order valence-corrected chi connectivity index (χ0v) is 20.7. The van der Waals surface area contributed by atoms with Crippen LogP contribution in [0.4, 0.5) is 0 Å². The number of halogens is 1. The van der Waals surface area contributed by atoms with Crippen LogP contribution in [-0.4, -0.2) is 25.1 Å². The van der Waals surface area contributed by atoms with E-state index in [1.165, 1.54) is 4.88 Å². The second kappa shape index (κ2) is 11.8. The monoisotopic (exact) mass is 538 g/mol. The van der Waals surface area contributed by atoms with Crippen molar-refractivity contribution >= 4 is 41.3 Å². The van der Waals surface area contributed by atoms with Crippen LogP contribution in [0.2, 0.25) is 0 Å². The molecule has 0 radical (unpaired) electrons. The van der Waals surface area contributed by atoms with E-state index in [0.29, 0.717) is 24.6 Å². The molecule has 1 heterocycles. The van der Waals surface area contributed by atoms with E-state index in [2.05, 4.69) is 20.6 Å². The van der Waals surface area contributed by atoms with Crippen molar-refractivity contribution < 1.29 is 9.47 Å². The lowest BCUT2D eigenvalue weighted by atomic mass is 10.2. The molecule has 0 spiro atoms. The van der Waals surface area contributed by atoms with E-state index in [1.807, 2.05) is 62.4 Å².